The number of thiophene rings is 1. The fourth-order valence-electron chi connectivity index (χ4n) is 6.92. The lowest BCUT2D eigenvalue weighted by atomic mass is 9.73. The second kappa shape index (κ2) is 10.1. The van der Waals surface area contributed by atoms with Gasteiger partial charge in [0, 0.05) is 31.1 Å². The minimum Gasteiger partial charge on any atom is -0.252 e. The minimum absolute atomic E-state index is 0.0395. The van der Waals surface area contributed by atoms with Gasteiger partial charge in [0.2, 0.25) is 0 Å². The van der Waals surface area contributed by atoms with Crippen LogP contribution in [0.3, 0.4) is 0 Å². The highest BCUT2D eigenvalue weighted by Gasteiger charge is 2.29. The van der Waals surface area contributed by atoms with Gasteiger partial charge in [0.25, 0.3) is 0 Å². The molecule has 0 aliphatic heterocycles. The molecule has 45 heavy (non-hydrogen) atoms. The van der Waals surface area contributed by atoms with E-state index < -0.39 is 0 Å². The van der Waals surface area contributed by atoms with Gasteiger partial charge in [0.05, 0.1) is 22.9 Å². The van der Waals surface area contributed by atoms with Crippen LogP contribution in [-0.4, -0.2) is 9.97 Å². The van der Waals surface area contributed by atoms with Crippen LogP contribution in [0.15, 0.2) is 97.2 Å². The quantitative estimate of drug-likeness (QED) is 0.184. The predicted octanol–water partition coefficient (Wildman–Crippen LogP) is 12.0. The van der Waals surface area contributed by atoms with Gasteiger partial charge in [-0.15, -0.1) is 11.3 Å². The van der Waals surface area contributed by atoms with E-state index in [0.29, 0.717) is 5.92 Å². The Bertz CT molecular complexity index is 2320. The van der Waals surface area contributed by atoms with E-state index in [1.54, 1.807) is 0 Å². The zero-order chi connectivity index (χ0) is 31.1. The van der Waals surface area contributed by atoms with E-state index in [9.17, 15) is 0 Å². The Labute approximate surface area is 269 Å². The number of aromatic nitrogens is 2. The first kappa shape index (κ1) is 28.2. The van der Waals surface area contributed by atoms with Crippen LogP contribution in [0.1, 0.15) is 58.2 Å². The van der Waals surface area contributed by atoms with Gasteiger partial charge in [-0.1, -0.05) is 108 Å². The van der Waals surface area contributed by atoms with Crippen molar-refractivity contribution in [1.29, 1.82) is 0 Å². The Morgan fingerprint density at radius 2 is 1.44 bits per heavy atom. The zero-order valence-electron chi connectivity index (χ0n) is 26.9. The van der Waals surface area contributed by atoms with Gasteiger partial charge in [-0.25, -0.2) is 4.98 Å². The number of benzene rings is 5. The molecule has 0 saturated heterocycles. The van der Waals surface area contributed by atoms with Crippen LogP contribution < -0.4 is 0 Å². The highest BCUT2D eigenvalue weighted by atomic mass is 32.1. The topological polar surface area (TPSA) is 25.8 Å². The molecule has 0 fully saturated rings. The van der Waals surface area contributed by atoms with Crippen LogP contribution in [0.25, 0.3) is 70.4 Å². The van der Waals surface area contributed by atoms with Gasteiger partial charge < -0.3 is 0 Å². The summed E-state index contributed by atoms with van der Waals surface area (Å²) in [6.45, 7) is 13.8. The molecule has 2 aromatic heterocycles. The largest absolute Gasteiger partial charge is 0.252 e. The lowest BCUT2D eigenvalue weighted by molar-refractivity contribution is 0.291. The Balaban J connectivity index is 1.30. The molecule has 0 radical (unpaired) electrons. The molecule has 1 aliphatic carbocycles. The molecule has 3 heteroatoms. The number of nitrogens with zero attached hydrogens (tertiary/aromatic N) is 2. The van der Waals surface area contributed by atoms with Crippen LogP contribution in [-0.2, 0) is 11.8 Å². The molecule has 0 saturated carbocycles. The summed E-state index contributed by atoms with van der Waals surface area (Å²) in [5.74, 6) is 0.454. The molecule has 5 aromatic carbocycles. The van der Waals surface area contributed by atoms with E-state index in [0.717, 1.165) is 28.7 Å². The van der Waals surface area contributed by atoms with Gasteiger partial charge in [-0.2, -0.15) is 0 Å². The number of hydrogen-bond acceptors (Lipinski definition) is 3. The van der Waals surface area contributed by atoms with E-state index >= 15 is 0 Å². The molecule has 0 amide bonds. The maximum atomic E-state index is 5.42. The third-order valence-electron chi connectivity index (χ3n) is 9.71. The van der Waals surface area contributed by atoms with Crippen molar-refractivity contribution >= 4 is 59.4 Å². The van der Waals surface area contributed by atoms with Crippen molar-refractivity contribution in [1.82, 2.24) is 9.97 Å². The van der Waals surface area contributed by atoms with Crippen molar-refractivity contribution in [2.24, 2.45) is 11.3 Å². The zero-order valence-corrected chi connectivity index (χ0v) is 27.7. The third kappa shape index (κ3) is 4.76. The summed E-state index contributed by atoms with van der Waals surface area (Å²) >= 11 is 1.86. The normalized spacial score (nSPS) is 15.4. The summed E-state index contributed by atoms with van der Waals surface area (Å²) in [5, 5.41) is 5.10. The van der Waals surface area contributed by atoms with Crippen LogP contribution in [0.5, 0.6) is 0 Å². The van der Waals surface area contributed by atoms with Gasteiger partial charge >= 0.3 is 0 Å². The number of allylic oxidation sites excluding steroid dienone is 1. The molecule has 7 aromatic rings. The molecular formula is C42H38N2S. The molecule has 0 bridgehead atoms. The average molecular weight is 603 g/mol. The SMILES string of the molecule is CC(C)(C)c1ccc2c3c(c4ncc(-c5cccc(-c6ccc7sc8ccccc8c7c6)c5)nc4c2c1)CC(C(C)(C)C)C=C3. The Hall–Kier alpha value is -4.34. The van der Waals surface area contributed by atoms with Gasteiger partial charge in [0.15, 0.2) is 0 Å². The Morgan fingerprint density at radius 1 is 0.667 bits per heavy atom. The summed E-state index contributed by atoms with van der Waals surface area (Å²) in [7, 11) is 0. The van der Waals surface area contributed by atoms with Crippen LogP contribution in [0.2, 0.25) is 0 Å². The van der Waals surface area contributed by atoms with E-state index in [1.807, 2.05) is 17.5 Å². The van der Waals surface area contributed by atoms with Crippen molar-refractivity contribution in [3.05, 3.63) is 114 Å². The molecule has 1 aliphatic rings. The molecule has 222 valence electrons. The first-order chi connectivity index (χ1) is 21.5. The van der Waals surface area contributed by atoms with E-state index in [-0.39, 0.29) is 10.8 Å². The summed E-state index contributed by atoms with van der Waals surface area (Å²) in [6, 6.07) is 31.3. The van der Waals surface area contributed by atoms with Crippen molar-refractivity contribution in [2.75, 3.05) is 0 Å². The smallest absolute Gasteiger partial charge is 0.0976 e. The Morgan fingerprint density at radius 3 is 2.27 bits per heavy atom. The van der Waals surface area contributed by atoms with Gasteiger partial charge in [-0.05, 0) is 86.7 Å². The predicted molar refractivity (Wildman–Crippen MR) is 195 cm³/mol. The molecule has 8 rings (SSSR count). The van der Waals surface area contributed by atoms with E-state index in [4.69, 9.17) is 9.97 Å². The van der Waals surface area contributed by atoms with E-state index in [1.165, 1.54) is 58.8 Å². The van der Waals surface area contributed by atoms with E-state index in [2.05, 4.69) is 139 Å². The fraction of sp³-hybridized carbons (Fsp3) is 0.238. The molecular weight excluding hydrogens is 565 g/mol. The standard InChI is InChI=1S/C42H38N2S/c1-41(2,3)28-15-17-30-31-18-16-29(42(4,5)6)23-35(31)40-39(34(30)22-28)43-24-36(44-40)27-11-9-10-25(20-27)26-14-19-38-33(21-26)32-12-7-8-13-37(32)45-38/h7-21,23-24,28H,22H2,1-6H3. The second-order valence-electron chi connectivity index (χ2n) is 14.8. The maximum Gasteiger partial charge on any atom is 0.0976 e. The highest BCUT2D eigenvalue weighted by molar-refractivity contribution is 7.25. The average Bonchev–Trinajstić information content (AvgIpc) is 3.41. The lowest BCUT2D eigenvalue weighted by Crippen LogP contribution is -2.23. The Kier molecular flexibility index (Phi) is 6.31. The van der Waals surface area contributed by atoms with Crippen molar-refractivity contribution < 1.29 is 0 Å². The maximum absolute atomic E-state index is 5.42. The van der Waals surface area contributed by atoms with Crippen LogP contribution >= 0.6 is 11.3 Å². The lowest BCUT2D eigenvalue weighted by Gasteiger charge is -2.32. The molecule has 0 N–H and O–H groups in total. The molecule has 0 spiro atoms. The first-order valence-electron chi connectivity index (χ1n) is 16.0. The van der Waals surface area contributed by atoms with Crippen molar-refractivity contribution in [2.45, 2.75) is 53.4 Å². The molecule has 2 nitrogen and oxygen atoms in total. The summed E-state index contributed by atoms with van der Waals surface area (Å²) in [5.41, 5.74) is 10.6. The monoisotopic (exact) mass is 602 g/mol. The number of fused-ring (bicyclic) bond motifs is 9. The summed E-state index contributed by atoms with van der Waals surface area (Å²) in [4.78, 5) is 10.6. The highest BCUT2D eigenvalue weighted by Crippen LogP contribution is 2.43. The van der Waals surface area contributed by atoms with Crippen LogP contribution in [0, 0.1) is 11.3 Å². The number of rotatable bonds is 2. The minimum atomic E-state index is 0.0395. The molecule has 1 unspecified atom stereocenters. The molecule has 2 heterocycles. The molecule has 1 atom stereocenters. The number of hydrogen-bond donors (Lipinski definition) is 0. The summed E-state index contributed by atoms with van der Waals surface area (Å²) in [6.07, 6.45) is 7.72. The van der Waals surface area contributed by atoms with Crippen molar-refractivity contribution in [3.8, 4) is 22.4 Å². The third-order valence-corrected chi connectivity index (χ3v) is 10.9. The first-order valence-corrected chi connectivity index (χ1v) is 16.8. The van der Waals surface area contributed by atoms with Gasteiger partial charge in [0.1, 0.15) is 0 Å². The second-order valence-corrected chi connectivity index (χ2v) is 15.9. The summed E-state index contributed by atoms with van der Waals surface area (Å²) < 4.78 is 2.66. The van der Waals surface area contributed by atoms with Crippen molar-refractivity contribution in [3.63, 3.8) is 0 Å². The van der Waals surface area contributed by atoms with Crippen LogP contribution in [0.4, 0.5) is 0 Å². The fourth-order valence-corrected chi connectivity index (χ4v) is 8.01. The van der Waals surface area contributed by atoms with Gasteiger partial charge in [-0.3, -0.25) is 4.98 Å².